The zero-order chi connectivity index (χ0) is 20.4. The summed E-state index contributed by atoms with van der Waals surface area (Å²) in [5, 5.41) is 3.40. The molecule has 0 aliphatic carbocycles. The maximum atomic E-state index is 12.3. The lowest BCUT2D eigenvalue weighted by Gasteiger charge is -2.11. The number of ether oxygens (including phenoxy) is 2. The number of methoxy groups -OCH3 is 1. The molecular weight excluding hydrogens is 434 g/mol. The van der Waals surface area contributed by atoms with E-state index in [0.29, 0.717) is 24.5 Å². The number of carbonyl (C=O) groups excluding carboxylic acids is 1. The maximum Gasteiger partial charge on any atom is 0.339 e. The molecule has 1 N–H and O–H groups in total. The van der Waals surface area contributed by atoms with Crippen molar-refractivity contribution in [1.29, 1.82) is 0 Å². The molecule has 0 amide bonds. The van der Waals surface area contributed by atoms with Crippen LogP contribution in [0.3, 0.4) is 0 Å². The van der Waals surface area contributed by atoms with Gasteiger partial charge in [0.2, 0.25) is 0 Å². The van der Waals surface area contributed by atoms with Crippen LogP contribution in [0.25, 0.3) is 16.6 Å². The summed E-state index contributed by atoms with van der Waals surface area (Å²) in [5.74, 6) is 1.17. The minimum absolute atomic E-state index is 0.333. The lowest BCUT2D eigenvalue weighted by Crippen LogP contribution is -2.04. The van der Waals surface area contributed by atoms with Crippen molar-refractivity contribution in [2.24, 2.45) is 0 Å². The van der Waals surface area contributed by atoms with Gasteiger partial charge in [0.05, 0.1) is 35.8 Å². The Bertz CT molecular complexity index is 1190. The fourth-order valence-electron chi connectivity index (χ4n) is 3.20. The predicted molar refractivity (Wildman–Crippen MR) is 117 cm³/mol. The zero-order valence-electron chi connectivity index (χ0n) is 16.1. The summed E-state index contributed by atoms with van der Waals surface area (Å²) in [6.07, 6.45) is 1.80. The number of fused-ring (bicyclic) bond motifs is 3. The van der Waals surface area contributed by atoms with Crippen molar-refractivity contribution in [1.82, 2.24) is 9.38 Å². The number of benzene rings is 2. The first kappa shape index (κ1) is 19.3. The van der Waals surface area contributed by atoms with Gasteiger partial charge in [-0.15, -0.1) is 0 Å². The molecular formula is C22H20BrN3O3. The molecule has 6 nitrogen and oxygen atoms in total. The first-order chi connectivity index (χ1) is 14.1. The largest absolute Gasteiger partial charge is 0.497 e. The van der Waals surface area contributed by atoms with Gasteiger partial charge in [0.25, 0.3) is 0 Å². The van der Waals surface area contributed by atoms with Crippen molar-refractivity contribution >= 4 is 44.3 Å². The van der Waals surface area contributed by atoms with E-state index in [4.69, 9.17) is 14.5 Å². The topological polar surface area (TPSA) is 64.9 Å². The minimum atomic E-state index is -0.345. The standard InChI is InChI=1S/C22H20BrN3O3/c1-3-29-22(27)15-10-20-21(24-12-14-4-7-17(28-2)8-5-14)25-18-11-16(23)6-9-19(18)26(20)13-15/h4-11,13H,3,12H2,1-2H3,(H,24,25). The van der Waals surface area contributed by atoms with Gasteiger partial charge in [0.15, 0.2) is 5.82 Å². The number of hydrogen-bond acceptors (Lipinski definition) is 5. The predicted octanol–water partition coefficient (Wildman–Crippen LogP) is 5.05. The first-order valence-electron chi connectivity index (χ1n) is 9.24. The smallest absolute Gasteiger partial charge is 0.339 e. The number of aromatic nitrogens is 2. The van der Waals surface area contributed by atoms with Crippen molar-refractivity contribution in [2.75, 3.05) is 19.0 Å². The highest BCUT2D eigenvalue weighted by molar-refractivity contribution is 9.10. The van der Waals surface area contributed by atoms with E-state index < -0.39 is 0 Å². The Morgan fingerprint density at radius 2 is 1.93 bits per heavy atom. The summed E-state index contributed by atoms with van der Waals surface area (Å²) in [4.78, 5) is 17.1. The third-order valence-corrected chi connectivity index (χ3v) is 5.12. The molecule has 0 fully saturated rings. The molecule has 0 aliphatic heterocycles. The molecule has 2 aromatic carbocycles. The van der Waals surface area contributed by atoms with Crippen LogP contribution in [0.4, 0.5) is 5.82 Å². The molecule has 2 heterocycles. The monoisotopic (exact) mass is 453 g/mol. The molecule has 4 aromatic rings. The quantitative estimate of drug-likeness (QED) is 0.414. The number of nitrogens with zero attached hydrogens (tertiary/aromatic N) is 2. The Balaban J connectivity index is 1.76. The Kier molecular flexibility index (Phi) is 5.40. The van der Waals surface area contributed by atoms with Crippen LogP contribution in [0.5, 0.6) is 5.75 Å². The summed E-state index contributed by atoms with van der Waals surface area (Å²) in [6, 6.07) is 15.5. The van der Waals surface area contributed by atoms with Crippen LogP contribution < -0.4 is 10.1 Å². The molecule has 2 aromatic heterocycles. The van der Waals surface area contributed by atoms with Crippen LogP contribution in [-0.2, 0) is 11.3 Å². The second-order valence-electron chi connectivity index (χ2n) is 6.50. The van der Waals surface area contributed by atoms with Crippen molar-refractivity contribution in [3.05, 3.63) is 70.3 Å². The van der Waals surface area contributed by atoms with Gasteiger partial charge in [0.1, 0.15) is 5.75 Å². The first-order valence-corrected chi connectivity index (χ1v) is 10.0. The molecule has 7 heteroatoms. The van der Waals surface area contributed by atoms with Crippen LogP contribution in [0.1, 0.15) is 22.8 Å². The number of hydrogen-bond donors (Lipinski definition) is 1. The zero-order valence-corrected chi connectivity index (χ0v) is 17.7. The Labute approximate surface area is 176 Å². The van der Waals surface area contributed by atoms with Gasteiger partial charge in [-0.25, -0.2) is 9.78 Å². The van der Waals surface area contributed by atoms with Gasteiger partial charge in [-0.2, -0.15) is 0 Å². The lowest BCUT2D eigenvalue weighted by molar-refractivity contribution is 0.0526. The molecule has 0 saturated heterocycles. The minimum Gasteiger partial charge on any atom is -0.497 e. The normalized spacial score (nSPS) is 11.0. The Morgan fingerprint density at radius 3 is 2.66 bits per heavy atom. The van der Waals surface area contributed by atoms with Gasteiger partial charge < -0.3 is 19.2 Å². The van der Waals surface area contributed by atoms with Gasteiger partial charge in [-0.05, 0) is 48.9 Å². The van der Waals surface area contributed by atoms with Gasteiger partial charge in [-0.3, -0.25) is 0 Å². The van der Waals surface area contributed by atoms with E-state index in [2.05, 4.69) is 21.2 Å². The van der Waals surface area contributed by atoms with Crippen LogP contribution in [0.2, 0.25) is 0 Å². The molecule has 0 saturated carbocycles. The molecule has 4 rings (SSSR count). The number of halogens is 1. The van der Waals surface area contributed by atoms with Crippen molar-refractivity contribution in [2.45, 2.75) is 13.5 Å². The van der Waals surface area contributed by atoms with Crippen LogP contribution in [-0.4, -0.2) is 29.1 Å². The van der Waals surface area contributed by atoms with E-state index in [0.717, 1.165) is 32.3 Å². The molecule has 0 atom stereocenters. The van der Waals surface area contributed by atoms with Crippen molar-refractivity contribution < 1.29 is 14.3 Å². The van der Waals surface area contributed by atoms with E-state index in [1.165, 1.54) is 0 Å². The second kappa shape index (κ2) is 8.13. The summed E-state index contributed by atoms with van der Waals surface area (Å²) in [7, 11) is 1.65. The summed E-state index contributed by atoms with van der Waals surface area (Å²) >= 11 is 3.50. The number of anilines is 1. The van der Waals surface area contributed by atoms with Crippen LogP contribution in [0, 0.1) is 0 Å². The van der Waals surface area contributed by atoms with Crippen molar-refractivity contribution in [3.8, 4) is 5.75 Å². The molecule has 0 unspecified atom stereocenters. The summed E-state index contributed by atoms with van der Waals surface area (Å²) in [5.41, 5.74) is 4.13. The second-order valence-corrected chi connectivity index (χ2v) is 7.42. The maximum absolute atomic E-state index is 12.3. The Hall–Kier alpha value is -3.06. The van der Waals surface area contributed by atoms with Crippen molar-refractivity contribution in [3.63, 3.8) is 0 Å². The van der Waals surface area contributed by atoms with Gasteiger partial charge in [-0.1, -0.05) is 28.1 Å². The number of carbonyl (C=O) groups is 1. The van der Waals surface area contributed by atoms with Crippen LogP contribution in [0.15, 0.2) is 59.2 Å². The van der Waals surface area contributed by atoms with Crippen LogP contribution >= 0.6 is 15.9 Å². The average Bonchev–Trinajstić information content (AvgIpc) is 3.18. The molecule has 148 valence electrons. The van der Waals surface area contributed by atoms with E-state index in [9.17, 15) is 4.79 Å². The number of esters is 1. The third kappa shape index (κ3) is 3.91. The Morgan fingerprint density at radius 1 is 1.14 bits per heavy atom. The lowest BCUT2D eigenvalue weighted by atomic mass is 10.2. The average molecular weight is 454 g/mol. The highest BCUT2D eigenvalue weighted by Crippen LogP contribution is 2.27. The third-order valence-electron chi connectivity index (χ3n) is 4.62. The summed E-state index contributed by atoms with van der Waals surface area (Å²) in [6.45, 7) is 2.72. The number of rotatable bonds is 6. The van der Waals surface area contributed by atoms with E-state index in [-0.39, 0.29) is 5.97 Å². The van der Waals surface area contributed by atoms with Gasteiger partial charge >= 0.3 is 5.97 Å². The molecule has 0 radical (unpaired) electrons. The highest BCUT2D eigenvalue weighted by Gasteiger charge is 2.15. The number of nitrogens with one attached hydrogen (secondary N) is 1. The van der Waals surface area contributed by atoms with E-state index in [1.54, 1.807) is 20.2 Å². The summed E-state index contributed by atoms with van der Waals surface area (Å²) < 4.78 is 13.3. The molecule has 29 heavy (non-hydrogen) atoms. The highest BCUT2D eigenvalue weighted by atomic mass is 79.9. The fourth-order valence-corrected chi connectivity index (χ4v) is 3.55. The molecule has 0 bridgehead atoms. The molecule has 0 spiro atoms. The fraction of sp³-hybridized carbons (Fsp3) is 0.182. The van der Waals surface area contributed by atoms with E-state index >= 15 is 0 Å². The molecule has 0 aliphatic rings. The van der Waals surface area contributed by atoms with E-state index in [1.807, 2.05) is 52.9 Å². The van der Waals surface area contributed by atoms with Gasteiger partial charge in [0, 0.05) is 17.2 Å². The SMILES string of the molecule is CCOC(=O)c1cc2c(NCc3ccc(OC)cc3)nc3cc(Br)ccc3n2c1.